The molecule has 0 aromatic heterocycles. The fourth-order valence-corrected chi connectivity index (χ4v) is 17.3. The Morgan fingerprint density at radius 3 is 1.41 bits per heavy atom. The van der Waals surface area contributed by atoms with Crippen LogP contribution in [0.2, 0.25) is 0 Å². The monoisotopic (exact) mass is 860 g/mol. The van der Waals surface area contributed by atoms with Crippen LogP contribution in [0.4, 0.5) is 26.3 Å². The minimum atomic E-state index is -4.52. The molecule has 0 amide bonds. The van der Waals surface area contributed by atoms with Crippen molar-refractivity contribution in [3.8, 4) is 11.1 Å². The van der Waals surface area contributed by atoms with Crippen LogP contribution < -0.4 is 24.8 Å². The summed E-state index contributed by atoms with van der Waals surface area (Å²) in [6.07, 6.45) is -1.30. The van der Waals surface area contributed by atoms with Crippen LogP contribution in [0.1, 0.15) is 106 Å². The number of halogens is 8. The molecule has 0 heterocycles. The van der Waals surface area contributed by atoms with Gasteiger partial charge in [0.15, 0.2) is 0 Å². The average Bonchev–Trinajstić information content (AvgIpc) is 3.62. The molecule has 6 rings (SSSR count). The van der Waals surface area contributed by atoms with Crippen molar-refractivity contribution in [2.24, 2.45) is 11.3 Å². The molecule has 9 heteroatoms. The summed E-state index contributed by atoms with van der Waals surface area (Å²) in [5.41, 5.74) is 10.4. The first kappa shape index (κ1) is 44.0. The van der Waals surface area contributed by atoms with Crippen LogP contribution in [0.5, 0.6) is 0 Å². The fraction of sp³-hybridized carbons (Fsp3) is 0.356. The molecule has 0 N–H and O–H groups in total. The van der Waals surface area contributed by atoms with E-state index in [-0.39, 0.29) is 39.8 Å². The van der Waals surface area contributed by atoms with Crippen molar-refractivity contribution in [2.45, 2.75) is 90.6 Å². The van der Waals surface area contributed by atoms with E-state index in [1.807, 2.05) is 0 Å². The van der Waals surface area contributed by atoms with Gasteiger partial charge in [0.2, 0.25) is 0 Å². The minimum Gasteiger partial charge on any atom is -1.00 e. The third-order valence-electron chi connectivity index (χ3n) is 10.9. The van der Waals surface area contributed by atoms with Crippen LogP contribution in [-0.2, 0) is 33.6 Å². The van der Waals surface area contributed by atoms with Crippen LogP contribution >= 0.6 is 0 Å². The molecule has 1 atom stereocenters. The number of alkyl halides is 6. The molecule has 0 radical (unpaired) electrons. The van der Waals surface area contributed by atoms with Gasteiger partial charge in [0, 0.05) is 0 Å². The molecular formula is C45H46Cl2F6Zr. The Balaban J connectivity index is 0.00000325. The van der Waals surface area contributed by atoms with E-state index in [0.29, 0.717) is 11.1 Å². The van der Waals surface area contributed by atoms with Crippen molar-refractivity contribution in [3.63, 3.8) is 0 Å². The van der Waals surface area contributed by atoms with Crippen molar-refractivity contribution < 1.29 is 72.4 Å². The number of fused-ring (bicyclic) bond motifs is 3. The summed E-state index contributed by atoms with van der Waals surface area (Å²) in [4.78, 5) is 0. The average molecular weight is 863 g/mol. The van der Waals surface area contributed by atoms with Gasteiger partial charge in [-0.1, -0.05) is 0 Å². The zero-order valence-electron chi connectivity index (χ0n) is 31.9. The molecule has 286 valence electrons. The molecule has 4 aromatic rings. The van der Waals surface area contributed by atoms with Gasteiger partial charge in [-0.05, 0) is 0 Å². The van der Waals surface area contributed by atoms with Gasteiger partial charge < -0.3 is 24.8 Å². The van der Waals surface area contributed by atoms with E-state index in [0.717, 1.165) is 57.9 Å². The van der Waals surface area contributed by atoms with Gasteiger partial charge in [0.05, 0.1) is 0 Å². The normalized spacial score (nSPS) is 15.3. The molecule has 0 spiro atoms. The SMILES string of the molecule is CCCCC1C=C(C(C)(C)C)C=[C]1[Zr+2](=[C](c1ccc(C(F)(F)F)cc1)c1ccc(C(F)(F)F)cc1)[CH]1c2cc(C)c(C)cc2-c2cc(C)c(C)cc21.[Cl-].[Cl-]. The van der Waals surface area contributed by atoms with E-state index in [2.05, 4.69) is 91.8 Å². The topological polar surface area (TPSA) is 0 Å². The first-order valence-corrected chi connectivity index (χ1v) is 21.9. The third kappa shape index (κ3) is 8.64. The standard InChI is InChI=1S/C17H17.C15H8F6.C13H21.2ClH.Zr/c1-10-5-14-9-15-6-11(2)13(4)8-17(15)16(14)7-12(10)3;16-14(17,18)12-5-1-10(2-6-12)9-11-3-7-13(8-4-11)15(19,20)21;1-5-6-7-11-8-9-12(10-11)13(2,3)4;;;/h5-9H,1-4H3;1-8H;9-11H,5-7H2,1-4H3;2*1H;/q;;;;;+2/p-2. The maximum Gasteiger partial charge on any atom is -1.00 e. The number of hydrogen-bond donors (Lipinski definition) is 0. The number of rotatable bonds is 7. The van der Waals surface area contributed by atoms with E-state index in [4.69, 9.17) is 0 Å². The maximum atomic E-state index is 13.9. The Morgan fingerprint density at radius 1 is 0.630 bits per heavy atom. The van der Waals surface area contributed by atoms with Gasteiger partial charge >= 0.3 is 313 Å². The molecule has 0 aliphatic heterocycles. The smallest absolute Gasteiger partial charge is 1.00 e. The molecule has 0 saturated carbocycles. The predicted molar refractivity (Wildman–Crippen MR) is 197 cm³/mol. The van der Waals surface area contributed by atoms with Gasteiger partial charge in [0.25, 0.3) is 0 Å². The minimum absolute atomic E-state index is 0. The summed E-state index contributed by atoms with van der Waals surface area (Å²) in [6, 6.07) is 19.8. The largest absolute Gasteiger partial charge is 1.00 e. The molecule has 0 nitrogen and oxygen atoms in total. The third-order valence-corrected chi connectivity index (χ3v) is 19.4. The van der Waals surface area contributed by atoms with Crippen LogP contribution in [0, 0.1) is 39.0 Å². The van der Waals surface area contributed by atoms with Gasteiger partial charge in [-0.25, -0.2) is 0 Å². The molecule has 0 fully saturated rings. The van der Waals surface area contributed by atoms with Gasteiger partial charge in [-0.2, -0.15) is 0 Å². The Morgan fingerprint density at radius 2 is 1.04 bits per heavy atom. The first-order chi connectivity index (χ1) is 24.3. The summed E-state index contributed by atoms with van der Waals surface area (Å²) in [5.74, 6) is 0.132. The van der Waals surface area contributed by atoms with Crippen molar-refractivity contribution in [1.29, 1.82) is 0 Å². The van der Waals surface area contributed by atoms with E-state index in [9.17, 15) is 26.3 Å². The summed E-state index contributed by atoms with van der Waals surface area (Å²) in [7, 11) is 0. The molecule has 0 bridgehead atoms. The quantitative estimate of drug-likeness (QED) is 0.168. The summed E-state index contributed by atoms with van der Waals surface area (Å²) in [6.45, 7) is 17.2. The zero-order chi connectivity index (χ0) is 37.9. The fourth-order valence-electron chi connectivity index (χ4n) is 7.72. The Bertz CT molecular complexity index is 2000. The Labute approximate surface area is 336 Å². The first-order valence-electron chi connectivity index (χ1n) is 18.1. The van der Waals surface area contributed by atoms with Crippen molar-refractivity contribution >= 4 is 3.21 Å². The predicted octanol–water partition coefficient (Wildman–Crippen LogP) is 7.60. The van der Waals surface area contributed by atoms with Crippen LogP contribution in [0.15, 0.2) is 93.8 Å². The molecule has 0 saturated heterocycles. The van der Waals surface area contributed by atoms with E-state index in [1.54, 1.807) is 24.3 Å². The van der Waals surface area contributed by atoms with Crippen molar-refractivity contribution in [1.82, 2.24) is 0 Å². The van der Waals surface area contributed by atoms with Crippen molar-refractivity contribution in [3.05, 3.63) is 149 Å². The van der Waals surface area contributed by atoms with Crippen LogP contribution in [-0.4, -0.2) is 3.21 Å². The second kappa shape index (κ2) is 16.4. The second-order valence-corrected chi connectivity index (χ2v) is 21.7. The second-order valence-electron chi connectivity index (χ2n) is 15.6. The number of allylic oxidation sites excluding steroid dienone is 4. The maximum absolute atomic E-state index is 13.9. The summed E-state index contributed by atoms with van der Waals surface area (Å²) < 4.78 is 85.8. The number of benzene rings is 4. The van der Waals surface area contributed by atoms with E-state index < -0.39 is 44.7 Å². The Hall–Kier alpha value is -2.73. The van der Waals surface area contributed by atoms with E-state index >= 15 is 0 Å². The summed E-state index contributed by atoms with van der Waals surface area (Å²) >= 11 is -3.54. The molecular weight excluding hydrogens is 817 g/mol. The summed E-state index contributed by atoms with van der Waals surface area (Å²) in [5, 5.41) is 0. The van der Waals surface area contributed by atoms with Crippen molar-refractivity contribution in [2.75, 3.05) is 0 Å². The van der Waals surface area contributed by atoms with Crippen LogP contribution in [0.25, 0.3) is 11.1 Å². The Kier molecular flexibility index (Phi) is 13.4. The molecule has 2 aliphatic rings. The number of unbranched alkanes of at least 4 members (excludes halogenated alkanes) is 1. The zero-order valence-corrected chi connectivity index (χ0v) is 35.9. The van der Waals surface area contributed by atoms with Gasteiger partial charge in [-0.3, -0.25) is 0 Å². The molecule has 1 unspecified atom stereocenters. The molecule has 54 heavy (non-hydrogen) atoms. The van der Waals surface area contributed by atoms with E-state index in [1.165, 1.54) is 42.2 Å². The van der Waals surface area contributed by atoms with Gasteiger partial charge in [-0.15, -0.1) is 0 Å². The van der Waals surface area contributed by atoms with Crippen LogP contribution in [0.3, 0.4) is 0 Å². The molecule has 4 aromatic carbocycles. The number of hydrogen-bond acceptors (Lipinski definition) is 0. The van der Waals surface area contributed by atoms with Gasteiger partial charge in [0.1, 0.15) is 0 Å². The number of aryl methyl sites for hydroxylation is 4. The molecule has 2 aliphatic carbocycles.